The summed E-state index contributed by atoms with van der Waals surface area (Å²) in [4.78, 5) is 0. The van der Waals surface area contributed by atoms with Gasteiger partial charge in [-0.25, -0.2) is 0 Å². The molecule has 0 aliphatic carbocycles. The Hall–Kier alpha value is -1.84. The molecule has 4 heteroatoms. The molecule has 6 aromatic rings. The fraction of sp³-hybridized carbons (Fsp3) is 0.118. The van der Waals surface area contributed by atoms with Gasteiger partial charge in [0.15, 0.2) is 0 Å². The standard InChI is InChI=1S/C22H20Br2Si.2C6H5.Zr/c1-13-11-15-7-5-9-17(23)19(15)21(13)25(3,4)22-14(2)12-16-8-6-10-18(24)20(16)22;2*1-2-4-6-5-3-1;/h5-12H,1-4H3;2*1-5H;/q-2;2*-1;+4. The molecular formula is C34H30Br2SiZr. The Morgan fingerprint density at radius 2 is 0.947 bits per heavy atom. The molecule has 0 aliphatic heterocycles. The van der Waals surface area contributed by atoms with Crippen molar-refractivity contribution >= 4 is 71.9 Å². The molecule has 0 nitrogen and oxygen atoms in total. The Labute approximate surface area is 264 Å². The van der Waals surface area contributed by atoms with Gasteiger partial charge in [-0.3, -0.25) is 0 Å². The summed E-state index contributed by atoms with van der Waals surface area (Å²) in [6.45, 7) is 9.53. The summed E-state index contributed by atoms with van der Waals surface area (Å²) in [5.41, 5.74) is 2.83. The summed E-state index contributed by atoms with van der Waals surface area (Å²) in [7, 11) is -1.89. The van der Waals surface area contributed by atoms with Crippen molar-refractivity contribution < 1.29 is 26.2 Å². The van der Waals surface area contributed by atoms with Gasteiger partial charge < -0.3 is 0 Å². The van der Waals surface area contributed by atoms with Crippen molar-refractivity contribution in [2.45, 2.75) is 26.9 Å². The molecule has 0 aliphatic rings. The van der Waals surface area contributed by atoms with Crippen molar-refractivity contribution in [2.75, 3.05) is 0 Å². The molecule has 6 aromatic carbocycles. The normalized spacial score (nSPS) is 10.7. The van der Waals surface area contributed by atoms with Crippen LogP contribution >= 0.6 is 31.9 Å². The summed E-state index contributed by atoms with van der Waals surface area (Å²) >= 11 is 7.63. The van der Waals surface area contributed by atoms with Gasteiger partial charge in [0.25, 0.3) is 0 Å². The molecule has 0 N–H and O–H groups in total. The van der Waals surface area contributed by atoms with Crippen molar-refractivity contribution in [1.82, 2.24) is 0 Å². The largest absolute Gasteiger partial charge is 4.00 e. The number of hydrogen-bond acceptors (Lipinski definition) is 0. The van der Waals surface area contributed by atoms with E-state index in [1.807, 2.05) is 60.7 Å². The van der Waals surface area contributed by atoms with E-state index in [4.69, 9.17) is 0 Å². The SMILES string of the molecule is Cc1[cH-]c2cccc(Br)c2c1[Si](C)(C)c1c(C)[cH-]c2cccc(Br)c12.[Zr+4].[c-]1ccccc1.[c-]1ccccc1. The van der Waals surface area contributed by atoms with Gasteiger partial charge in [-0.2, -0.15) is 83.2 Å². The Morgan fingerprint density at radius 3 is 1.24 bits per heavy atom. The van der Waals surface area contributed by atoms with Crippen molar-refractivity contribution in [3.63, 3.8) is 0 Å². The molecule has 6 rings (SSSR count). The molecule has 0 heterocycles. The zero-order chi connectivity index (χ0) is 26.4. The van der Waals surface area contributed by atoms with Gasteiger partial charge in [0.1, 0.15) is 0 Å². The maximum Gasteiger partial charge on any atom is 4.00 e. The van der Waals surface area contributed by atoms with Crippen molar-refractivity contribution in [3.05, 3.63) is 141 Å². The Kier molecular flexibility index (Phi) is 11.3. The molecule has 188 valence electrons. The first-order valence-corrected chi connectivity index (χ1v) is 16.9. The van der Waals surface area contributed by atoms with Crippen LogP contribution in [0.3, 0.4) is 0 Å². The van der Waals surface area contributed by atoms with Crippen LogP contribution in [0.25, 0.3) is 21.5 Å². The van der Waals surface area contributed by atoms with Gasteiger partial charge >= 0.3 is 26.2 Å². The van der Waals surface area contributed by atoms with Crippen LogP contribution in [0.5, 0.6) is 0 Å². The smallest absolute Gasteiger partial charge is 0.184 e. The van der Waals surface area contributed by atoms with Gasteiger partial charge in [0.2, 0.25) is 0 Å². The number of benzene rings is 4. The quantitative estimate of drug-likeness (QED) is 0.124. The van der Waals surface area contributed by atoms with Crippen LogP contribution in [-0.4, -0.2) is 8.07 Å². The Morgan fingerprint density at radius 1 is 0.579 bits per heavy atom. The topological polar surface area (TPSA) is 0 Å². The first kappa shape index (κ1) is 30.7. The van der Waals surface area contributed by atoms with E-state index < -0.39 is 8.07 Å². The monoisotopic (exact) mass is 714 g/mol. The molecule has 0 atom stereocenters. The van der Waals surface area contributed by atoms with Crippen LogP contribution < -0.4 is 10.4 Å². The minimum atomic E-state index is -1.89. The molecular weight excluding hydrogens is 687 g/mol. The van der Waals surface area contributed by atoms with Crippen molar-refractivity contribution in [1.29, 1.82) is 0 Å². The van der Waals surface area contributed by atoms with E-state index in [1.54, 1.807) is 10.4 Å². The Bertz CT molecular complexity index is 1410. The van der Waals surface area contributed by atoms with Crippen LogP contribution in [0.15, 0.2) is 118 Å². The predicted molar refractivity (Wildman–Crippen MR) is 171 cm³/mol. The fourth-order valence-electron chi connectivity index (χ4n) is 5.27. The van der Waals surface area contributed by atoms with E-state index in [9.17, 15) is 0 Å². The number of aryl methyl sites for hydroxylation is 2. The predicted octanol–water partition coefficient (Wildman–Crippen LogP) is 9.37. The van der Waals surface area contributed by atoms with Gasteiger partial charge in [-0.1, -0.05) is 70.9 Å². The number of halogens is 2. The van der Waals surface area contributed by atoms with E-state index >= 15 is 0 Å². The summed E-state index contributed by atoms with van der Waals surface area (Å²) in [5.74, 6) is 0. The van der Waals surface area contributed by atoms with Crippen molar-refractivity contribution in [2.24, 2.45) is 0 Å². The second kappa shape index (κ2) is 14.0. The van der Waals surface area contributed by atoms with E-state index in [-0.39, 0.29) is 26.2 Å². The van der Waals surface area contributed by atoms with Crippen LogP contribution in [0.1, 0.15) is 11.1 Å². The number of fused-ring (bicyclic) bond motifs is 2. The van der Waals surface area contributed by atoms with Crippen LogP contribution in [0.2, 0.25) is 13.1 Å². The zero-order valence-electron chi connectivity index (χ0n) is 22.1. The average Bonchev–Trinajstić information content (AvgIpc) is 3.45. The first-order chi connectivity index (χ1) is 17.8. The minimum absolute atomic E-state index is 0. The van der Waals surface area contributed by atoms with E-state index in [0.29, 0.717) is 0 Å². The molecule has 0 aromatic heterocycles. The summed E-state index contributed by atoms with van der Waals surface area (Å²) in [6.07, 6.45) is 0. The number of rotatable bonds is 2. The minimum Gasteiger partial charge on any atom is -0.184 e. The van der Waals surface area contributed by atoms with E-state index in [1.165, 1.54) is 41.6 Å². The second-order valence-corrected chi connectivity index (χ2v) is 15.6. The Balaban J connectivity index is 0.000000253. The van der Waals surface area contributed by atoms with Crippen molar-refractivity contribution in [3.8, 4) is 0 Å². The third-order valence-corrected chi connectivity index (χ3v) is 11.7. The van der Waals surface area contributed by atoms with Gasteiger partial charge in [-0.05, 0) is 8.95 Å². The molecule has 0 spiro atoms. The average molecular weight is 718 g/mol. The third kappa shape index (κ3) is 6.83. The van der Waals surface area contributed by atoms with Crippen LogP contribution in [0.4, 0.5) is 0 Å². The van der Waals surface area contributed by atoms with E-state index in [2.05, 4.69) is 119 Å². The molecule has 0 saturated carbocycles. The van der Waals surface area contributed by atoms with E-state index in [0.717, 1.165) is 0 Å². The molecule has 0 radical (unpaired) electrons. The van der Waals surface area contributed by atoms with Gasteiger partial charge in [-0.15, -0.1) is 69.1 Å². The molecule has 0 unspecified atom stereocenters. The third-order valence-electron chi connectivity index (χ3n) is 6.59. The molecule has 0 fully saturated rings. The van der Waals surface area contributed by atoms with Crippen LogP contribution in [-0.2, 0) is 26.2 Å². The first-order valence-electron chi connectivity index (χ1n) is 12.3. The van der Waals surface area contributed by atoms with Gasteiger partial charge in [0, 0.05) is 8.07 Å². The van der Waals surface area contributed by atoms with Crippen LogP contribution in [0, 0.1) is 26.0 Å². The summed E-state index contributed by atoms with van der Waals surface area (Å²) in [5, 5.41) is 8.60. The number of hydrogen-bond donors (Lipinski definition) is 0. The van der Waals surface area contributed by atoms with Gasteiger partial charge in [0.05, 0.1) is 0 Å². The second-order valence-electron chi connectivity index (χ2n) is 9.59. The summed E-state index contributed by atoms with van der Waals surface area (Å²) < 4.78 is 2.42. The molecule has 38 heavy (non-hydrogen) atoms. The maximum atomic E-state index is 3.81. The molecule has 0 amide bonds. The fourth-order valence-corrected chi connectivity index (χ4v) is 11.0. The maximum absolute atomic E-state index is 3.81. The molecule has 0 bridgehead atoms. The zero-order valence-corrected chi connectivity index (χ0v) is 28.8. The molecule has 0 saturated heterocycles. The summed E-state index contributed by atoms with van der Waals surface area (Å²) in [6, 6.07) is 42.7.